The molecule has 110 valence electrons. The number of nitrogens with zero attached hydrogens (tertiary/aromatic N) is 1. The monoisotopic (exact) mass is 291 g/mol. The highest BCUT2D eigenvalue weighted by atomic mass is 16.5. The highest BCUT2D eigenvalue weighted by Crippen LogP contribution is 2.19. The Kier molecular flexibility index (Phi) is 4.05. The molecule has 1 aromatic heterocycles. The van der Waals surface area contributed by atoms with Gasteiger partial charge in [-0.05, 0) is 29.3 Å². The topological polar surface area (TPSA) is 31.2 Å². The Morgan fingerprint density at radius 2 is 1.59 bits per heavy atom. The number of ether oxygens (including phenoxy) is 1. The highest BCUT2D eigenvalue weighted by molar-refractivity contribution is 5.59. The number of rotatable bonds is 4. The molecule has 0 radical (unpaired) electrons. The largest absolute Gasteiger partial charge is 0.497 e. The van der Waals surface area contributed by atoms with Gasteiger partial charge < -0.3 is 9.30 Å². The van der Waals surface area contributed by atoms with Gasteiger partial charge in [0.15, 0.2) is 0 Å². The number of pyridine rings is 1. The van der Waals surface area contributed by atoms with Crippen molar-refractivity contribution in [2.24, 2.45) is 0 Å². The fraction of sp³-hybridized carbons (Fsp3) is 0.105. The molecule has 0 aliphatic heterocycles. The van der Waals surface area contributed by atoms with Crippen molar-refractivity contribution >= 4 is 0 Å². The molecule has 2 aromatic carbocycles. The summed E-state index contributed by atoms with van der Waals surface area (Å²) >= 11 is 0. The van der Waals surface area contributed by atoms with E-state index in [1.807, 2.05) is 60.7 Å². The Labute approximate surface area is 129 Å². The number of hydrogen-bond acceptors (Lipinski definition) is 2. The predicted octanol–water partition coefficient (Wildman–Crippen LogP) is 3.57. The molecule has 3 nitrogen and oxygen atoms in total. The van der Waals surface area contributed by atoms with Gasteiger partial charge in [0, 0.05) is 6.07 Å². The van der Waals surface area contributed by atoms with Gasteiger partial charge in [0.2, 0.25) is 0 Å². The van der Waals surface area contributed by atoms with Gasteiger partial charge in [0.1, 0.15) is 5.75 Å². The van der Waals surface area contributed by atoms with Crippen molar-refractivity contribution in [3.63, 3.8) is 0 Å². The molecule has 1 heterocycles. The van der Waals surface area contributed by atoms with Crippen LogP contribution in [0.25, 0.3) is 11.3 Å². The molecular formula is C19H17NO2. The SMILES string of the molecule is COc1ccc(Cn2c(-c3ccccc3)cccc2=O)cc1. The van der Waals surface area contributed by atoms with Crippen molar-refractivity contribution in [2.45, 2.75) is 6.54 Å². The van der Waals surface area contributed by atoms with Crippen LogP contribution >= 0.6 is 0 Å². The summed E-state index contributed by atoms with van der Waals surface area (Å²) in [4.78, 5) is 12.3. The van der Waals surface area contributed by atoms with Crippen molar-refractivity contribution in [3.05, 3.63) is 88.7 Å². The minimum atomic E-state index is -0.00262. The summed E-state index contributed by atoms with van der Waals surface area (Å²) in [6.07, 6.45) is 0. The molecule has 0 atom stereocenters. The molecule has 0 amide bonds. The van der Waals surface area contributed by atoms with Crippen LogP contribution in [0.1, 0.15) is 5.56 Å². The first kappa shape index (κ1) is 14.1. The molecule has 3 aromatic rings. The van der Waals surface area contributed by atoms with Crippen LogP contribution in [0.4, 0.5) is 0 Å². The Balaban J connectivity index is 2.01. The lowest BCUT2D eigenvalue weighted by Crippen LogP contribution is -2.21. The summed E-state index contributed by atoms with van der Waals surface area (Å²) < 4.78 is 6.96. The second-order valence-corrected chi connectivity index (χ2v) is 5.05. The highest BCUT2D eigenvalue weighted by Gasteiger charge is 2.06. The van der Waals surface area contributed by atoms with Gasteiger partial charge >= 0.3 is 0 Å². The Morgan fingerprint density at radius 1 is 0.864 bits per heavy atom. The quantitative estimate of drug-likeness (QED) is 0.736. The average molecular weight is 291 g/mol. The molecular weight excluding hydrogens is 274 g/mol. The molecule has 0 unspecified atom stereocenters. The molecule has 0 aliphatic carbocycles. The van der Waals surface area contributed by atoms with Crippen LogP contribution in [0.15, 0.2) is 77.6 Å². The van der Waals surface area contributed by atoms with Gasteiger partial charge in [-0.1, -0.05) is 48.5 Å². The molecule has 3 heteroatoms. The van der Waals surface area contributed by atoms with Gasteiger partial charge in [0.05, 0.1) is 19.3 Å². The number of methoxy groups -OCH3 is 1. The Bertz CT molecular complexity index is 805. The molecule has 0 saturated heterocycles. The molecule has 0 bridgehead atoms. The summed E-state index contributed by atoms with van der Waals surface area (Å²) in [5.74, 6) is 0.812. The summed E-state index contributed by atoms with van der Waals surface area (Å²) in [5.41, 5.74) is 3.01. The fourth-order valence-corrected chi connectivity index (χ4v) is 2.46. The fourth-order valence-electron chi connectivity index (χ4n) is 2.46. The summed E-state index contributed by atoms with van der Waals surface area (Å²) in [7, 11) is 1.64. The Hall–Kier alpha value is -2.81. The van der Waals surface area contributed by atoms with Crippen LogP contribution in [0.2, 0.25) is 0 Å². The van der Waals surface area contributed by atoms with Crippen molar-refractivity contribution in [1.82, 2.24) is 4.57 Å². The van der Waals surface area contributed by atoms with E-state index in [0.29, 0.717) is 6.54 Å². The third kappa shape index (κ3) is 2.93. The molecule has 22 heavy (non-hydrogen) atoms. The lowest BCUT2D eigenvalue weighted by Gasteiger charge is -2.13. The van der Waals surface area contributed by atoms with Crippen molar-refractivity contribution < 1.29 is 4.74 Å². The Morgan fingerprint density at radius 3 is 2.27 bits per heavy atom. The van der Waals surface area contributed by atoms with E-state index in [1.54, 1.807) is 23.8 Å². The van der Waals surface area contributed by atoms with E-state index in [1.165, 1.54) is 0 Å². The molecule has 0 N–H and O–H groups in total. The van der Waals surface area contributed by atoms with Crippen LogP contribution in [0.5, 0.6) is 5.75 Å². The van der Waals surface area contributed by atoms with Crippen LogP contribution in [-0.4, -0.2) is 11.7 Å². The van der Waals surface area contributed by atoms with E-state index in [4.69, 9.17) is 4.74 Å². The molecule has 3 rings (SSSR count). The van der Waals surface area contributed by atoms with Crippen LogP contribution < -0.4 is 10.3 Å². The van der Waals surface area contributed by atoms with E-state index < -0.39 is 0 Å². The van der Waals surface area contributed by atoms with Gasteiger partial charge in [-0.3, -0.25) is 4.79 Å². The van der Waals surface area contributed by atoms with Crippen LogP contribution in [-0.2, 0) is 6.54 Å². The van der Waals surface area contributed by atoms with Crippen molar-refractivity contribution in [1.29, 1.82) is 0 Å². The maximum absolute atomic E-state index is 12.3. The van der Waals surface area contributed by atoms with Gasteiger partial charge in [-0.25, -0.2) is 0 Å². The molecule has 0 fully saturated rings. The number of hydrogen-bond donors (Lipinski definition) is 0. The predicted molar refractivity (Wildman–Crippen MR) is 88.2 cm³/mol. The maximum Gasteiger partial charge on any atom is 0.251 e. The minimum Gasteiger partial charge on any atom is -0.497 e. The second kappa shape index (κ2) is 6.31. The molecule has 0 spiro atoms. The van der Waals surface area contributed by atoms with E-state index in [9.17, 15) is 4.79 Å². The number of benzene rings is 2. The minimum absolute atomic E-state index is 0.00262. The number of aromatic nitrogens is 1. The average Bonchev–Trinajstić information content (AvgIpc) is 2.58. The third-order valence-corrected chi connectivity index (χ3v) is 3.62. The van der Waals surface area contributed by atoms with Gasteiger partial charge in [-0.15, -0.1) is 0 Å². The zero-order valence-corrected chi connectivity index (χ0v) is 12.4. The summed E-state index contributed by atoms with van der Waals surface area (Å²) in [6, 6.07) is 23.1. The van der Waals surface area contributed by atoms with Crippen molar-refractivity contribution in [3.8, 4) is 17.0 Å². The van der Waals surface area contributed by atoms with E-state index in [0.717, 1.165) is 22.6 Å². The van der Waals surface area contributed by atoms with Crippen LogP contribution in [0.3, 0.4) is 0 Å². The first-order valence-corrected chi connectivity index (χ1v) is 7.16. The normalized spacial score (nSPS) is 10.4. The summed E-state index contributed by atoms with van der Waals surface area (Å²) in [5, 5.41) is 0. The molecule has 0 aliphatic rings. The summed E-state index contributed by atoms with van der Waals surface area (Å²) in [6.45, 7) is 0.536. The van der Waals surface area contributed by atoms with Gasteiger partial charge in [0.25, 0.3) is 5.56 Å². The van der Waals surface area contributed by atoms with E-state index in [2.05, 4.69) is 0 Å². The lowest BCUT2D eigenvalue weighted by molar-refractivity contribution is 0.414. The smallest absolute Gasteiger partial charge is 0.251 e. The lowest BCUT2D eigenvalue weighted by atomic mass is 10.1. The zero-order chi connectivity index (χ0) is 15.4. The third-order valence-electron chi connectivity index (χ3n) is 3.62. The molecule has 0 saturated carbocycles. The van der Waals surface area contributed by atoms with Crippen molar-refractivity contribution in [2.75, 3.05) is 7.11 Å². The van der Waals surface area contributed by atoms with Gasteiger partial charge in [-0.2, -0.15) is 0 Å². The zero-order valence-electron chi connectivity index (χ0n) is 12.4. The standard InChI is InChI=1S/C19H17NO2/c1-22-17-12-10-15(11-13-17)14-20-18(8-5-9-19(20)21)16-6-3-2-4-7-16/h2-13H,14H2,1H3. The van der Waals surface area contributed by atoms with E-state index >= 15 is 0 Å². The second-order valence-electron chi connectivity index (χ2n) is 5.05. The maximum atomic E-state index is 12.3. The van der Waals surface area contributed by atoms with Crippen LogP contribution in [0, 0.1) is 0 Å². The first-order valence-electron chi connectivity index (χ1n) is 7.16. The first-order chi connectivity index (χ1) is 10.8. The van der Waals surface area contributed by atoms with E-state index in [-0.39, 0.29) is 5.56 Å².